The largest absolute Gasteiger partial charge is 0.424 e. The molecule has 4 nitrogen and oxygen atoms in total. The normalized spacial score (nSPS) is 21.3. The van der Waals surface area contributed by atoms with E-state index < -0.39 is 38.5 Å². The van der Waals surface area contributed by atoms with Gasteiger partial charge in [0.25, 0.3) is 11.8 Å². The van der Waals surface area contributed by atoms with E-state index in [-0.39, 0.29) is 16.7 Å². The van der Waals surface area contributed by atoms with Gasteiger partial charge in [0.15, 0.2) is 5.60 Å². The molecule has 0 aromatic heterocycles. The zero-order valence-corrected chi connectivity index (χ0v) is 16.8. The van der Waals surface area contributed by atoms with Crippen molar-refractivity contribution in [2.45, 2.75) is 24.9 Å². The van der Waals surface area contributed by atoms with Crippen LogP contribution < -0.4 is 5.19 Å². The molecule has 8 heteroatoms. The van der Waals surface area contributed by atoms with Gasteiger partial charge in [-0.25, -0.2) is 0 Å². The maximum Gasteiger partial charge on any atom is 0.424 e. The molecule has 2 aliphatic rings. The van der Waals surface area contributed by atoms with Crippen molar-refractivity contribution in [3.63, 3.8) is 0 Å². The number of halogens is 3. The van der Waals surface area contributed by atoms with Crippen LogP contribution in [0.25, 0.3) is 0 Å². The number of benzene rings is 2. The molecule has 1 aliphatic carbocycles. The molecule has 2 aromatic rings. The first-order valence-corrected chi connectivity index (χ1v) is 12.0. The van der Waals surface area contributed by atoms with Gasteiger partial charge in [-0.3, -0.25) is 14.5 Å². The van der Waals surface area contributed by atoms with Gasteiger partial charge in [0.05, 0.1) is 17.7 Å². The molecule has 0 spiro atoms. The molecule has 1 aliphatic heterocycles. The topological polar surface area (TPSA) is 46.6 Å². The van der Waals surface area contributed by atoms with Crippen LogP contribution in [-0.4, -0.2) is 43.4 Å². The minimum absolute atomic E-state index is 0.115. The quantitative estimate of drug-likeness (QED) is 0.424. The predicted octanol–water partition coefficient (Wildman–Crippen LogP) is 3.65. The molecule has 29 heavy (non-hydrogen) atoms. The number of fused-ring (bicyclic) bond motifs is 1. The van der Waals surface area contributed by atoms with E-state index in [4.69, 9.17) is 4.43 Å². The van der Waals surface area contributed by atoms with Crippen LogP contribution in [0.5, 0.6) is 0 Å². The Balaban J connectivity index is 1.58. The summed E-state index contributed by atoms with van der Waals surface area (Å²) in [6.45, 7) is 2.95. The first-order chi connectivity index (χ1) is 13.6. The summed E-state index contributed by atoms with van der Waals surface area (Å²) in [4.78, 5) is 25.9. The van der Waals surface area contributed by atoms with Crippen LogP contribution >= 0.6 is 0 Å². The van der Waals surface area contributed by atoms with E-state index in [2.05, 4.69) is 0 Å². The van der Waals surface area contributed by atoms with E-state index >= 15 is 0 Å². The van der Waals surface area contributed by atoms with Crippen molar-refractivity contribution in [2.24, 2.45) is 0 Å². The lowest BCUT2D eigenvalue weighted by Gasteiger charge is -2.33. The Bertz CT molecular complexity index is 998. The van der Waals surface area contributed by atoms with Gasteiger partial charge in [-0.1, -0.05) is 42.5 Å². The second kappa shape index (κ2) is 6.40. The summed E-state index contributed by atoms with van der Waals surface area (Å²) in [7, 11) is -2.92. The Kier molecular flexibility index (Phi) is 4.32. The number of carbonyl (C=O) groups is 2. The highest BCUT2D eigenvalue weighted by Gasteiger charge is 2.67. The van der Waals surface area contributed by atoms with Crippen molar-refractivity contribution in [3.05, 3.63) is 77.4 Å². The third kappa shape index (κ3) is 3.12. The Morgan fingerprint density at radius 3 is 1.97 bits per heavy atom. The number of imide groups is 1. The smallest absolute Gasteiger partial charge is 0.393 e. The summed E-state index contributed by atoms with van der Waals surface area (Å²) in [6, 6.07) is 15.0. The summed E-state index contributed by atoms with van der Waals surface area (Å²) < 4.78 is 47.7. The summed E-state index contributed by atoms with van der Waals surface area (Å²) in [5, 5.41) is 0.726. The molecule has 0 saturated heterocycles. The van der Waals surface area contributed by atoms with Crippen molar-refractivity contribution < 1.29 is 27.2 Å². The van der Waals surface area contributed by atoms with E-state index in [0.717, 1.165) is 16.2 Å². The van der Waals surface area contributed by atoms with Crippen molar-refractivity contribution in [2.75, 3.05) is 6.54 Å². The Morgan fingerprint density at radius 1 is 0.931 bits per heavy atom. The number of hydrogen-bond acceptors (Lipinski definition) is 3. The molecular weight excluding hydrogens is 399 g/mol. The minimum Gasteiger partial charge on any atom is -0.393 e. The zero-order chi connectivity index (χ0) is 21.0. The Morgan fingerprint density at radius 2 is 1.45 bits per heavy atom. The second-order valence-electron chi connectivity index (χ2n) is 7.62. The van der Waals surface area contributed by atoms with Crippen molar-refractivity contribution in [3.8, 4) is 0 Å². The highest BCUT2D eigenvalue weighted by atomic mass is 28.4. The molecule has 0 bridgehead atoms. The van der Waals surface area contributed by atoms with Gasteiger partial charge in [0, 0.05) is 0 Å². The number of alkyl halides is 3. The standard InChI is InChI=1S/C21H18F3NO3Si/c1-29(2,15-8-4-3-5-9-15)28-20(21(22,23)24)12-14(20)13-25-18(26)16-10-6-7-11-17(16)19(25)27/h3-12H,13H2,1-2H3. The molecule has 2 aromatic carbocycles. The summed E-state index contributed by atoms with van der Waals surface area (Å²) >= 11 is 0. The lowest BCUT2D eigenvalue weighted by Crippen LogP contribution is -2.54. The fraction of sp³-hybridized carbons (Fsp3) is 0.238. The average Bonchev–Trinajstić information content (AvgIpc) is 3.32. The molecule has 150 valence electrons. The van der Waals surface area contributed by atoms with E-state index in [0.29, 0.717) is 0 Å². The lowest BCUT2D eigenvalue weighted by atomic mass is 10.1. The maximum absolute atomic E-state index is 14.0. The average molecular weight is 417 g/mol. The Labute approximate surface area is 166 Å². The predicted molar refractivity (Wildman–Crippen MR) is 103 cm³/mol. The summed E-state index contributed by atoms with van der Waals surface area (Å²) in [5.74, 6) is -1.18. The first kappa shape index (κ1) is 19.6. The highest BCUT2D eigenvalue weighted by Crippen LogP contribution is 2.52. The van der Waals surface area contributed by atoms with Crippen LogP contribution in [0.4, 0.5) is 13.2 Å². The van der Waals surface area contributed by atoms with Crippen molar-refractivity contribution in [1.29, 1.82) is 0 Å². The minimum atomic E-state index is -4.68. The molecule has 4 rings (SSSR count). The van der Waals surface area contributed by atoms with E-state index in [1.807, 2.05) is 0 Å². The van der Waals surface area contributed by atoms with Gasteiger partial charge in [0.2, 0.25) is 8.32 Å². The molecule has 0 fully saturated rings. The molecule has 1 heterocycles. The molecule has 2 amide bonds. The summed E-state index contributed by atoms with van der Waals surface area (Å²) in [6.07, 6.45) is -3.70. The lowest BCUT2D eigenvalue weighted by molar-refractivity contribution is -0.203. The van der Waals surface area contributed by atoms with Gasteiger partial charge >= 0.3 is 6.18 Å². The number of rotatable bonds is 5. The maximum atomic E-state index is 14.0. The Hall–Kier alpha value is -2.71. The molecule has 0 saturated carbocycles. The van der Waals surface area contributed by atoms with Gasteiger partial charge < -0.3 is 4.43 Å². The number of carbonyl (C=O) groups excluding carboxylic acids is 2. The molecular formula is C21H18F3NO3Si. The van der Waals surface area contributed by atoms with E-state index in [1.165, 1.54) is 12.1 Å². The van der Waals surface area contributed by atoms with Crippen LogP contribution in [0, 0.1) is 0 Å². The summed E-state index contributed by atoms with van der Waals surface area (Å²) in [5.41, 5.74) is -2.24. The monoisotopic (exact) mass is 417 g/mol. The van der Waals surface area contributed by atoms with E-state index in [9.17, 15) is 22.8 Å². The third-order valence-electron chi connectivity index (χ3n) is 5.28. The molecule has 1 unspecified atom stereocenters. The highest BCUT2D eigenvalue weighted by molar-refractivity contribution is 6.84. The number of nitrogens with zero attached hydrogens (tertiary/aromatic N) is 1. The second-order valence-corrected chi connectivity index (χ2v) is 11.4. The van der Waals surface area contributed by atoms with E-state index in [1.54, 1.807) is 55.6 Å². The van der Waals surface area contributed by atoms with Crippen molar-refractivity contribution >= 4 is 25.3 Å². The van der Waals surface area contributed by atoms with Crippen LogP contribution in [0.1, 0.15) is 20.7 Å². The third-order valence-corrected chi connectivity index (χ3v) is 7.84. The van der Waals surface area contributed by atoms with Gasteiger partial charge in [0.1, 0.15) is 0 Å². The first-order valence-electron chi connectivity index (χ1n) is 9.07. The fourth-order valence-corrected chi connectivity index (χ4v) is 5.87. The van der Waals surface area contributed by atoms with Crippen LogP contribution in [0.15, 0.2) is 66.2 Å². The van der Waals surface area contributed by atoms with Crippen LogP contribution in [0.3, 0.4) is 0 Å². The van der Waals surface area contributed by atoms with Gasteiger partial charge in [-0.15, -0.1) is 0 Å². The molecule has 0 radical (unpaired) electrons. The van der Waals surface area contributed by atoms with Crippen LogP contribution in [-0.2, 0) is 4.43 Å². The van der Waals surface area contributed by atoms with Crippen molar-refractivity contribution in [1.82, 2.24) is 4.90 Å². The SMILES string of the molecule is C[Si](C)(OC1(C(F)(F)F)C=C1CN1C(=O)c2ccccc2C1=O)c1ccccc1. The van der Waals surface area contributed by atoms with Crippen LogP contribution in [0.2, 0.25) is 13.1 Å². The number of amides is 2. The number of hydrogen-bond donors (Lipinski definition) is 0. The fourth-order valence-electron chi connectivity index (χ4n) is 3.64. The molecule has 1 atom stereocenters. The molecule has 0 N–H and O–H groups in total. The van der Waals surface area contributed by atoms with Gasteiger partial charge in [-0.05, 0) is 42.1 Å². The zero-order valence-electron chi connectivity index (χ0n) is 15.8. The van der Waals surface area contributed by atoms with Gasteiger partial charge in [-0.2, -0.15) is 13.2 Å².